The molecule has 0 aliphatic heterocycles. The fraction of sp³-hybridized carbons (Fsp3) is 0.438. The van der Waals surface area contributed by atoms with Gasteiger partial charge in [-0.2, -0.15) is 0 Å². The number of benzene rings is 1. The monoisotopic (exact) mass is 278 g/mol. The number of carboxylic acids is 1. The number of hydrogen-bond donors (Lipinski definition) is 1. The lowest BCUT2D eigenvalue weighted by Crippen LogP contribution is -2.08. The lowest BCUT2D eigenvalue weighted by molar-refractivity contribution is -0.131. The molecule has 1 unspecified atom stereocenters. The first kappa shape index (κ1) is 16.2. The van der Waals surface area contributed by atoms with Crippen molar-refractivity contribution in [2.24, 2.45) is 0 Å². The summed E-state index contributed by atoms with van der Waals surface area (Å²) >= 11 is 0. The molecular formula is C16H22O4. The molecule has 0 aliphatic carbocycles. The van der Waals surface area contributed by atoms with E-state index in [-0.39, 0.29) is 6.10 Å². The van der Waals surface area contributed by atoms with E-state index in [0.29, 0.717) is 6.61 Å². The first-order valence-electron chi connectivity index (χ1n) is 6.76. The second kappa shape index (κ2) is 8.38. The molecule has 0 aliphatic rings. The Labute approximate surface area is 120 Å². The van der Waals surface area contributed by atoms with Gasteiger partial charge in [0.2, 0.25) is 0 Å². The van der Waals surface area contributed by atoms with Gasteiger partial charge in [-0.15, -0.1) is 0 Å². The van der Waals surface area contributed by atoms with Gasteiger partial charge in [-0.1, -0.05) is 19.4 Å². The van der Waals surface area contributed by atoms with Crippen molar-refractivity contribution in [3.05, 3.63) is 35.4 Å². The third-order valence-electron chi connectivity index (χ3n) is 2.94. The zero-order chi connectivity index (χ0) is 15.0. The van der Waals surface area contributed by atoms with Gasteiger partial charge in [-0.05, 0) is 37.1 Å². The molecule has 0 fully saturated rings. The fourth-order valence-electron chi connectivity index (χ4n) is 1.90. The van der Waals surface area contributed by atoms with Crippen molar-refractivity contribution in [2.75, 3.05) is 7.11 Å². The summed E-state index contributed by atoms with van der Waals surface area (Å²) in [6, 6.07) is 5.53. The third-order valence-corrected chi connectivity index (χ3v) is 2.94. The summed E-state index contributed by atoms with van der Waals surface area (Å²) in [6.45, 7) is 4.63. The zero-order valence-corrected chi connectivity index (χ0v) is 12.3. The average Bonchev–Trinajstić information content (AvgIpc) is 2.43. The van der Waals surface area contributed by atoms with Crippen molar-refractivity contribution in [1.82, 2.24) is 0 Å². The molecule has 1 atom stereocenters. The first-order chi connectivity index (χ1) is 9.56. The largest absolute Gasteiger partial charge is 0.496 e. The maximum Gasteiger partial charge on any atom is 0.328 e. The van der Waals surface area contributed by atoms with Gasteiger partial charge in [0.05, 0.1) is 19.8 Å². The molecule has 1 aromatic rings. The Morgan fingerprint density at radius 2 is 2.20 bits per heavy atom. The van der Waals surface area contributed by atoms with Gasteiger partial charge in [-0.3, -0.25) is 0 Å². The van der Waals surface area contributed by atoms with E-state index in [2.05, 4.69) is 6.92 Å². The summed E-state index contributed by atoms with van der Waals surface area (Å²) in [5.41, 5.74) is 1.73. The molecule has 0 aromatic heterocycles. The zero-order valence-electron chi connectivity index (χ0n) is 12.3. The van der Waals surface area contributed by atoms with Crippen molar-refractivity contribution in [1.29, 1.82) is 0 Å². The lowest BCUT2D eigenvalue weighted by atomic mass is 10.1. The molecule has 0 amide bonds. The minimum atomic E-state index is -0.963. The van der Waals surface area contributed by atoms with E-state index in [1.807, 2.05) is 25.1 Å². The van der Waals surface area contributed by atoms with Crippen LogP contribution in [-0.4, -0.2) is 24.3 Å². The van der Waals surface area contributed by atoms with E-state index in [4.69, 9.17) is 14.6 Å². The molecule has 1 aromatic carbocycles. The van der Waals surface area contributed by atoms with Crippen LogP contribution in [0.4, 0.5) is 0 Å². The molecule has 0 saturated heterocycles. The van der Waals surface area contributed by atoms with Crippen LogP contribution in [0.2, 0.25) is 0 Å². The Hall–Kier alpha value is -1.81. The van der Waals surface area contributed by atoms with E-state index < -0.39 is 5.97 Å². The molecule has 0 radical (unpaired) electrons. The summed E-state index contributed by atoms with van der Waals surface area (Å²) in [5.74, 6) is -0.212. The second-order valence-electron chi connectivity index (χ2n) is 4.65. The topological polar surface area (TPSA) is 55.8 Å². The van der Waals surface area contributed by atoms with E-state index >= 15 is 0 Å². The highest BCUT2D eigenvalue weighted by atomic mass is 16.5. The van der Waals surface area contributed by atoms with Crippen LogP contribution >= 0.6 is 0 Å². The minimum absolute atomic E-state index is 0.197. The molecule has 0 spiro atoms. The van der Waals surface area contributed by atoms with Crippen LogP contribution in [0.25, 0.3) is 6.08 Å². The highest BCUT2D eigenvalue weighted by molar-refractivity contribution is 5.85. The second-order valence-corrected chi connectivity index (χ2v) is 4.65. The molecule has 1 N–H and O–H groups in total. The number of hydrogen-bond acceptors (Lipinski definition) is 3. The SMILES string of the molecule is CCCC(C)OCc1cc(/C=C/C(=O)O)ccc1OC. The number of carboxylic acid groups (broad SMARTS) is 1. The molecule has 110 valence electrons. The van der Waals surface area contributed by atoms with Gasteiger partial charge in [-0.25, -0.2) is 4.79 Å². The minimum Gasteiger partial charge on any atom is -0.496 e. The third kappa shape index (κ3) is 5.45. The number of rotatable bonds is 8. The van der Waals surface area contributed by atoms with E-state index in [1.165, 1.54) is 0 Å². The van der Waals surface area contributed by atoms with Gasteiger partial charge < -0.3 is 14.6 Å². The number of ether oxygens (including phenoxy) is 2. The summed E-state index contributed by atoms with van der Waals surface area (Å²) in [5, 5.41) is 8.64. The lowest BCUT2D eigenvalue weighted by Gasteiger charge is -2.14. The number of methoxy groups -OCH3 is 1. The van der Waals surface area contributed by atoms with Gasteiger partial charge >= 0.3 is 5.97 Å². The van der Waals surface area contributed by atoms with Crippen LogP contribution in [0, 0.1) is 0 Å². The standard InChI is InChI=1S/C16H22O4/c1-4-5-12(2)20-11-14-10-13(7-9-16(17)18)6-8-15(14)19-3/h6-10,12H,4-5,11H2,1-3H3,(H,17,18)/b9-7+. The van der Waals surface area contributed by atoms with Crippen molar-refractivity contribution in [2.45, 2.75) is 39.4 Å². The van der Waals surface area contributed by atoms with Gasteiger partial charge in [0.15, 0.2) is 0 Å². The predicted octanol–water partition coefficient (Wildman–Crippen LogP) is 3.50. The molecule has 0 bridgehead atoms. The van der Waals surface area contributed by atoms with Crippen LogP contribution in [0.15, 0.2) is 24.3 Å². The number of aliphatic carboxylic acids is 1. The molecule has 1 rings (SSSR count). The van der Waals surface area contributed by atoms with Crippen LogP contribution in [0.3, 0.4) is 0 Å². The van der Waals surface area contributed by atoms with Crippen molar-refractivity contribution < 1.29 is 19.4 Å². The number of carbonyl (C=O) groups is 1. The first-order valence-corrected chi connectivity index (χ1v) is 6.76. The molecule has 0 saturated carbocycles. The summed E-state index contributed by atoms with van der Waals surface area (Å²) in [6.07, 6.45) is 4.97. The Bertz CT molecular complexity index is 466. The summed E-state index contributed by atoms with van der Waals surface area (Å²) < 4.78 is 11.1. The molecule has 0 heterocycles. The Morgan fingerprint density at radius 3 is 2.80 bits per heavy atom. The quantitative estimate of drug-likeness (QED) is 0.739. The smallest absolute Gasteiger partial charge is 0.328 e. The van der Waals surface area contributed by atoms with Crippen LogP contribution in [0.1, 0.15) is 37.8 Å². The fourth-order valence-corrected chi connectivity index (χ4v) is 1.90. The molecule has 4 heteroatoms. The summed E-state index contributed by atoms with van der Waals surface area (Å²) in [4.78, 5) is 10.5. The average molecular weight is 278 g/mol. The van der Waals surface area contributed by atoms with E-state index in [0.717, 1.165) is 35.8 Å². The highest BCUT2D eigenvalue weighted by Crippen LogP contribution is 2.22. The van der Waals surface area contributed by atoms with Crippen molar-refractivity contribution in [3.63, 3.8) is 0 Å². The van der Waals surface area contributed by atoms with Crippen LogP contribution < -0.4 is 4.74 Å². The van der Waals surface area contributed by atoms with E-state index in [1.54, 1.807) is 13.2 Å². The van der Waals surface area contributed by atoms with Crippen molar-refractivity contribution in [3.8, 4) is 5.75 Å². The Morgan fingerprint density at radius 1 is 1.45 bits per heavy atom. The highest BCUT2D eigenvalue weighted by Gasteiger charge is 2.07. The van der Waals surface area contributed by atoms with E-state index in [9.17, 15) is 4.79 Å². The van der Waals surface area contributed by atoms with Gasteiger partial charge in [0.25, 0.3) is 0 Å². The van der Waals surface area contributed by atoms with Gasteiger partial charge in [0.1, 0.15) is 5.75 Å². The molecular weight excluding hydrogens is 256 g/mol. The van der Waals surface area contributed by atoms with Crippen molar-refractivity contribution >= 4 is 12.0 Å². The Kier molecular flexibility index (Phi) is 6.81. The maximum atomic E-state index is 10.5. The predicted molar refractivity (Wildman–Crippen MR) is 78.8 cm³/mol. The molecule has 4 nitrogen and oxygen atoms in total. The maximum absolute atomic E-state index is 10.5. The summed E-state index contributed by atoms with van der Waals surface area (Å²) in [7, 11) is 1.61. The van der Waals surface area contributed by atoms with Gasteiger partial charge in [0, 0.05) is 11.6 Å². The van der Waals surface area contributed by atoms with Crippen LogP contribution in [-0.2, 0) is 16.1 Å². The normalized spacial score (nSPS) is 12.6. The molecule has 20 heavy (non-hydrogen) atoms. The Balaban J connectivity index is 2.80. The van der Waals surface area contributed by atoms with Crippen LogP contribution in [0.5, 0.6) is 5.75 Å².